The zero-order valence-corrected chi connectivity index (χ0v) is 11.6. The first-order valence-corrected chi connectivity index (χ1v) is 6.69. The highest BCUT2D eigenvalue weighted by molar-refractivity contribution is 7.09. The van der Waals surface area contributed by atoms with Gasteiger partial charge in [0, 0.05) is 10.6 Å². The third-order valence-electron chi connectivity index (χ3n) is 2.93. The summed E-state index contributed by atoms with van der Waals surface area (Å²) in [4.78, 5) is 5.60. The molecule has 1 atom stereocenters. The van der Waals surface area contributed by atoms with Gasteiger partial charge in [-0.1, -0.05) is 17.7 Å². The number of benzene rings is 1. The molecule has 1 aromatic carbocycles. The lowest BCUT2D eigenvalue weighted by Gasteiger charge is -2.16. The SMILES string of the molecule is Cc1ccc(NC(C)c2scnc2C)c(C)c1. The molecule has 0 bridgehead atoms. The second-order valence-electron chi connectivity index (χ2n) is 4.49. The Kier molecular flexibility index (Phi) is 3.48. The second kappa shape index (κ2) is 4.88. The fraction of sp³-hybridized carbons (Fsp3) is 0.357. The van der Waals surface area contributed by atoms with E-state index in [4.69, 9.17) is 0 Å². The first-order valence-electron chi connectivity index (χ1n) is 5.81. The van der Waals surface area contributed by atoms with Gasteiger partial charge in [0.05, 0.1) is 17.2 Å². The molecule has 0 saturated heterocycles. The van der Waals surface area contributed by atoms with Crippen molar-refractivity contribution in [3.8, 4) is 0 Å². The summed E-state index contributed by atoms with van der Waals surface area (Å²) < 4.78 is 0. The Morgan fingerprint density at radius 2 is 2.00 bits per heavy atom. The number of nitrogens with one attached hydrogen (secondary N) is 1. The van der Waals surface area contributed by atoms with Gasteiger partial charge in [-0.3, -0.25) is 0 Å². The predicted octanol–water partition coefficient (Wildman–Crippen LogP) is 4.24. The Hall–Kier alpha value is -1.35. The molecule has 3 heteroatoms. The van der Waals surface area contributed by atoms with Crippen molar-refractivity contribution >= 4 is 17.0 Å². The van der Waals surface area contributed by atoms with Gasteiger partial charge in [-0.2, -0.15) is 0 Å². The van der Waals surface area contributed by atoms with Crippen LogP contribution in [0.25, 0.3) is 0 Å². The maximum Gasteiger partial charge on any atom is 0.0798 e. The summed E-state index contributed by atoms with van der Waals surface area (Å²) >= 11 is 1.71. The molecular weight excluding hydrogens is 228 g/mol. The second-order valence-corrected chi connectivity index (χ2v) is 5.37. The smallest absolute Gasteiger partial charge is 0.0798 e. The predicted molar refractivity (Wildman–Crippen MR) is 74.8 cm³/mol. The molecule has 0 fully saturated rings. The maximum absolute atomic E-state index is 4.29. The summed E-state index contributed by atoms with van der Waals surface area (Å²) in [5.41, 5.74) is 6.83. The van der Waals surface area contributed by atoms with Crippen molar-refractivity contribution in [2.75, 3.05) is 5.32 Å². The van der Waals surface area contributed by atoms with Crippen molar-refractivity contribution in [3.63, 3.8) is 0 Å². The third kappa shape index (κ3) is 2.67. The monoisotopic (exact) mass is 246 g/mol. The summed E-state index contributed by atoms with van der Waals surface area (Å²) in [6.07, 6.45) is 0. The van der Waals surface area contributed by atoms with Crippen LogP contribution in [0.4, 0.5) is 5.69 Å². The van der Waals surface area contributed by atoms with Gasteiger partial charge < -0.3 is 5.32 Å². The van der Waals surface area contributed by atoms with Crippen molar-refractivity contribution in [1.82, 2.24) is 4.98 Å². The maximum atomic E-state index is 4.29. The van der Waals surface area contributed by atoms with Gasteiger partial charge in [-0.05, 0) is 39.3 Å². The summed E-state index contributed by atoms with van der Waals surface area (Å²) in [7, 11) is 0. The largest absolute Gasteiger partial charge is 0.377 e. The van der Waals surface area contributed by atoms with Crippen LogP contribution in [0.5, 0.6) is 0 Å². The number of rotatable bonds is 3. The first kappa shape index (κ1) is 12.1. The molecule has 1 unspecified atom stereocenters. The van der Waals surface area contributed by atoms with E-state index in [2.05, 4.69) is 56.2 Å². The number of hydrogen-bond acceptors (Lipinski definition) is 3. The van der Waals surface area contributed by atoms with E-state index in [1.54, 1.807) is 11.3 Å². The highest BCUT2D eigenvalue weighted by Crippen LogP contribution is 2.26. The average Bonchev–Trinajstić information content (AvgIpc) is 2.68. The van der Waals surface area contributed by atoms with Gasteiger partial charge in [0.1, 0.15) is 0 Å². The van der Waals surface area contributed by atoms with Crippen LogP contribution in [0.1, 0.15) is 34.7 Å². The van der Waals surface area contributed by atoms with Crippen LogP contribution < -0.4 is 5.32 Å². The molecule has 2 nitrogen and oxygen atoms in total. The topological polar surface area (TPSA) is 24.9 Å². The van der Waals surface area contributed by atoms with E-state index >= 15 is 0 Å². The molecule has 0 radical (unpaired) electrons. The first-order chi connectivity index (χ1) is 8.08. The Balaban J connectivity index is 2.19. The van der Waals surface area contributed by atoms with Crippen LogP contribution >= 0.6 is 11.3 Å². The highest BCUT2D eigenvalue weighted by atomic mass is 32.1. The lowest BCUT2D eigenvalue weighted by atomic mass is 10.1. The minimum absolute atomic E-state index is 0.309. The Bertz CT molecular complexity index is 517. The molecule has 1 heterocycles. The average molecular weight is 246 g/mol. The van der Waals surface area contributed by atoms with E-state index in [9.17, 15) is 0 Å². The fourth-order valence-corrected chi connectivity index (χ4v) is 2.81. The normalized spacial score (nSPS) is 12.5. The van der Waals surface area contributed by atoms with E-state index < -0.39 is 0 Å². The minimum atomic E-state index is 0.309. The molecule has 1 N–H and O–H groups in total. The molecule has 1 aromatic heterocycles. The summed E-state index contributed by atoms with van der Waals surface area (Å²) in [5, 5.41) is 3.55. The van der Waals surface area contributed by atoms with Gasteiger partial charge >= 0.3 is 0 Å². The van der Waals surface area contributed by atoms with E-state index in [0.717, 1.165) is 5.69 Å². The van der Waals surface area contributed by atoms with Crippen molar-refractivity contribution in [2.45, 2.75) is 33.7 Å². The minimum Gasteiger partial charge on any atom is -0.377 e. The van der Waals surface area contributed by atoms with E-state index in [-0.39, 0.29) is 0 Å². The fourth-order valence-electron chi connectivity index (χ4n) is 2.00. The summed E-state index contributed by atoms with van der Waals surface area (Å²) in [5.74, 6) is 0. The number of thiazole rings is 1. The number of nitrogens with zero attached hydrogens (tertiary/aromatic N) is 1. The van der Waals surface area contributed by atoms with Crippen LogP contribution in [0.15, 0.2) is 23.7 Å². The Labute approximate surface area is 107 Å². The van der Waals surface area contributed by atoms with Gasteiger partial charge in [-0.25, -0.2) is 4.98 Å². The molecule has 0 saturated carbocycles. The molecule has 0 amide bonds. The van der Waals surface area contributed by atoms with E-state index in [1.807, 2.05) is 5.51 Å². The quantitative estimate of drug-likeness (QED) is 0.876. The molecule has 0 aliphatic rings. The number of aryl methyl sites for hydroxylation is 3. The standard InChI is InChI=1S/C14H18N2S/c1-9-5-6-13(10(2)7-9)16-12(4)14-11(3)15-8-17-14/h5-8,12,16H,1-4H3. The van der Waals surface area contributed by atoms with Crippen molar-refractivity contribution < 1.29 is 0 Å². The summed E-state index contributed by atoms with van der Waals surface area (Å²) in [6, 6.07) is 6.80. The number of aromatic nitrogens is 1. The molecule has 90 valence electrons. The lowest BCUT2D eigenvalue weighted by molar-refractivity contribution is 0.888. The van der Waals surface area contributed by atoms with Gasteiger partial charge in [0.2, 0.25) is 0 Å². The van der Waals surface area contributed by atoms with Crippen LogP contribution in [0.3, 0.4) is 0 Å². The van der Waals surface area contributed by atoms with E-state index in [0.29, 0.717) is 6.04 Å². The Morgan fingerprint density at radius 3 is 2.59 bits per heavy atom. The third-order valence-corrected chi connectivity index (χ3v) is 4.04. The van der Waals surface area contributed by atoms with Crippen LogP contribution in [0.2, 0.25) is 0 Å². The van der Waals surface area contributed by atoms with Crippen LogP contribution in [0, 0.1) is 20.8 Å². The highest BCUT2D eigenvalue weighted by Gasteiger charge is 2.11. The molecule has 0 spiro atoms. The molecule has 2 aromatic rings. The Morgan fingerprint density at radius 1 is 1.24 bits per heavy atom. The van der Waals surface area contributed by atoms with Crippen LogP contribution in [-0.2, 0) is 0 Å². The van der Waals surface area contributed by atoms with Crippen molar-refractivity contribution in [3.05, 3.63) is 45.4 Å². The van der Waals surface area contributed by atoms with Gasteiger partial charge in [-0.15, -0.1) is 11.3 Å². The molecule has 2 rings (SSSR count). The van der Waals surface area contributed by atoms with Gasteiger partial charge in [0.25, 0.3) is 0 Å². The zero-order chi connectivity index (χ0) is 12.4. The number of hydrogen-bond donors (Lipinski definition) is 1. The molecule has 17 heavy (non-hydrogen) atoms. The van der Waals surface area contributed by atoms with E-state index in [1.165, 1.54) is 21.7 Å². The van der Waals surface area contributed by atoms with Crippen LogP contribution in [-0.4, -0.2) is 4.98 Å². The van der Waals surface area contributed by atoms with Gasteiger partial charge in [0.15, 0.2) is 0 Å². The zero-order valence-electron chi connectivity index (χ0n) is 10.7. The molecule has 0 aliphatic carbocycles. The lowest BCUT2D eigenvalue weighted by Crippen LogP contribution is -2.07. The summed E-state index contributed by atoms with van der Waals surface area (Å²) in [6.45, 7) is 8.50. The van der Waals surface area contributed by atoms with Crippen molar-refractivity contribution in [1.29, 1.82) is 0 Å². The molecule has 0 aliphatic heterocycles. The molecular formula is C14H18N2S. The number of anilines is 1. The van der Waals surface area contributed by atoms with Crippen molar-refractivity contribution in [2.24, 2.45) is 0 Å².